The van der Waals surface area contributed by atoms with Crippen LogP contribution in [0.15, 0.2) is 0 Å². The van der Waals surface area contributed by atoms with E-state index in [0.29, 0.717) is 0 Å². The second-order valence-corrected chi connectivity index (χ2v) is 8.50. The quantitative estimate of drug-likeness (QED) is 0.560. The Bertz CT molecular complexity index is 294. The van der Waals surface area contributed by atoms with Gasteiger partial charge >= 0.3 is 0 Å². The lowest BCUT2D eigenvalue weighted by Crippen LogP contribution is -2.40. The van der Waals surface area contributed by atoms with E-state index in [-0.39, 0.29) is 0 Å². The first kappa shape index (κ1) is 16.4. The van der Waals surface area contributed by atoms with Crippen molar-refractivity contribution < 1.29 is 0 Å². The summed E-state index contributed by atoms with van der Waals surface area (Å²) < 4.78 is 0. The van der Waals surface area contributed by atoms with E-state index in [1.54, 1.807) is 0 Å². The van der Waals surface area contributed by atoms with Crippen molar-refractivity contribution in [1.82, 2.24) is 0 Å². The van der Waals surface area contributed by atoms with E-state index in [2.05, 4.69) is 41.5 Å². The lowest BCUT2D eigenvalue weighted by atomic mass is 9.58. The van der Waals surface area contributed by atoms with Crippen LogP contribution in [0.5, 0.6) is 0 Å². The Morgan fingerprint density at radius 1 is 0.850 bits per heavy atom. The molecule has 2 fully saturated rings. The van der Waals surface area contributed by atoms with E-state index >= 15 is 0 Å². The standard InChI is InChI=1S/C20H38/c1-7-8-14(3)18-11-10-15(4)20-17(6)16(5)13(2)9-12-19(18)20/h13-20H,7-12H2,1-6H3. The van der Waals surface area contributed by atoms with Crippen LogP contribution in [0.3, 0.4) is 0 Å². The molecule has 2 saturated carbocycles. The van der Waals surface area contributed by atoms with Gasteiger partial charge in [0.15, 0.2) is 0 Å². The van der Waals surface area contributed by atoms with Crippen LogP contribution in [0.4, 0.5) is 0 Å². The van der Waals surface area contributed by atoms with Crippen molar-refractivity contribution >= 4 is 0 Å². The van der Waals surface area contributed by atoms with E-state index < -0.39 is 0 Å². The van der Waals surface area contributed by atoms with Gasteiger partial charge < -0.3 is 0 Å². The Morgan fingerprint density at radius 2 is 1.50 bits per heavy atom. The van der Waals surface area contributed by atoms with Gasteiger partial charge in [0.25, 0.3) is 0 Å². The third-order valence-corrected chi connectivity index (χ3v) is 7.42. The Kier molecular flexibility index (Phi) is 5.60. The number of fused-ring (bicyclic) bond motifs is 1. The van der Waals surface area contributed by atoms with Gasteiger partial charge in [0.05, 0.1) is 0 Å². The molecule has 0 aromatic carbocycles. The summed E-state index contributed by atoms with van der Waals surface area (Å²) in [6.07, 6.45) is 8.82. The zero-order valence-corrected chi connectivity index (χ0v) is 14.9. The van der Waals surface area contributed by atoms with E-state index in [9.17, 15) is 0 Å². The lowest BCUT2D eigenvalue weighted by Gasteiger charge is -2.47. The number of hydrogen-bond acceptors (Lipinski definition) is 0. The van der Waals surface area contributed by atoms with Crippen LogP contribution < -0.4 is 0 Å². The summed E-state index contributed by atoms with van der Waals surface area (Å²) >= 11 is 0. The molecule has 0 heteroatoms. The topological polar surface area (TPSA) is 0 Å². The summed E-state index contributed by atoms with van der Waals surface area (Å²) in [4.78, 5) is 0. The average Bonchev–Trinajstić information content (AvgIpc) is 2.52. The first-order valence-electron chi connectivity index (χ1n) is 9.47. The van der Waals surface area contributed by atoms with Gasteiger partial charge in [-0.15, -0.1) is 0 Å². The summed E-state index contributed by atoms with van der Waals surface area (Å²) in [7, 11) is 0. The molecule has 0 heterocycles. The molecule has 0 aromatic rings. The predicted molar refractivity (Wildman–Crippen MR) is 89.7 cm³/mol. The largest absolute Gasteiger partial charge is 0.0654 e. The summed E-state index contributed by atoms with van der Waals surface area (Å²) in [6, 6.07) is 0. The minimum atomic E-state index is 0.924. The van der Waals surface area contributed by atoms with E-state index in [1.165, 1.54) is 38.5 Å². The minimum absolute atomic E-state index is 0.924. The van der Waals surface area contributed by atoms with Crippen molar-refractivity contribution in [2.24, 2.45) is 47.3 Å². The number of hydrogen-bond donors (Lipinski definition) is 0. The first-order chi connectivity index (χ1) is 9.47. The van der Waals surface area contributed by atoms with Crippen molar-refractivity contribution in [2.45, 2.75) is 80.1 Å². The van der Waals surface area contributed by atoms with Crippen LogP contribution in [0, 0.1) is 47.3 Å². The molecule has 0 bridgehead atoms. The highest BCUT2D eigenvalue weighted by molar-refractivity contribution is 4.94. The van der Waals surface area contributed by atoms with E-state index in [0.717, 1.165) is 47.3 Å². The third kappa shape index (κ3) is 3.09. The van der Waals surface area contributed by atoms with Gasteiger partial charge in [0.1, 0.15) is 0 Å². The molecule has 2 aliphatic carbocycles. The van der Waals surface area contributed by atoms with Gasteiger partial charge in [-0.3, -0.25) is 0 Å². The van der Waals surface area contributed by atoms with Gasteiger partial charge in [-0.2, -0.15) is 0 Å². The minimum Gasteiger partial charge on any atom is -0.0654 e. The molecule has 0 aromatic heterocycles. The molecule has 0 saturated heterocycles. The fraction of sp³-hybridized carbons (Fsp3) is 1.00. The van der Waals surface area contributed by atoms with Crippen LogP contribution in [-0.4, -0.2) is 0 Å². The molecule has 20 heavy (non-hydrogen) atoms. The maximum absolute atomic E-state index is 2.58. The van der Waals surface area contributed by atoms with Crippen LogP contribution >= 0.6 is 0 Å². The van der Waals surface area contributed by atoms with Crippen molar-refractivity contribution in [2.75, 3.05) is 0 Å². The Morgan fingerprint density at radius 3 is 2.15 bits per heavy atom. The predicted octanol–water partition coefficient (Wildman–Crippen LogP) is 6.40. The average molecular weight is 279 g/mol. The molecule has 8 unspecified atom stereocenters. The Balaban J connectivity index is 2.20. The molecule has 0 nitrogen and oxygen atoms in total. The number of rotatable bonds is 3. The maximum Gasteiger partial charge on any atom is -0.0329 e. The van der Waals surface area contributed by atoms with Crippen molar-refractivity contribution in [3.05, 3.63) is 0 Å². The second kappa shape index (κ2) is 6.84. The van der Waals surface area contributed by atoms with Crippen molar-refractivity contribution in [1.29, 1.82) is 0 Å². The normalized spacial score (nSPS) is 47.4. The molecule has 0 N–H and O–H groups in total. The summed E-state index contributed by atoms with van der Waals surface area (Å²) in [5.41, 5.74) is 0. The summed E-state index contributed by atoms with van der Waals surface area (Å²) in [5.74, 6) is 7.78. The fourth-order valence-electron chi connectivity index (χ4n) is 5.85. The van der Waals surface area contributed by atoms with Gasteiger partial charge in [-0.05, 0) is 60.2 Å². The van der Waals surface area contributed by atoms with E-state index in [4.69, 9.17) is 0 Å². The smallest absolute Gasteiger partial charge is 0.0329 e. The highest BCUT2D eigenvalue weighted by atomic mass is 14.5. The Labute approximate surface area is 128 Å². The van der Waals surface area contributed by atoms with Gasteiger partial charge in [-0.25, -0.2) is 0 Å². The Hall–Kier alpha value is 0. The zero-order valence-electron chi connectivity index (χ0n) is 14.9. The highest BCUT2D eigenvalue weighted by Gasteiger charge is 2.45. The monoisotopic (exact) mass is 278 g/mol. The molecule has 0 aliphatic heterocycles. The third-order valence-electron chi connectivity index (χ3n) is 7.42. The molecule has 0 spiro atoms. The fourth-order valence-corrected chi connectivity index (χ4v) is 5.85. The molecular weight excluding hydrogens is 240 g/mol. The summed E-state index contributed by atoms with van der Waals surface area (Å²) in [5, 5.41) is 0. The van der Waals surface area contributed by atoms with Crippen LogP contribution in [0.2, 0.25) is 0 Å². The van der Waals surface area contributed by atoms with Gasteiger partial charge in [0.2, 0.25) is 0 Å². The molecule has 2 rings (SSSR count). The molecular formula is C20H38. The molecule has 0 amide bonds. The van der Waals surface area contributed by atoms with Crippen molar-refractivity contribution in [3.8, 4) is 0 Å². The first-order valence-corrected chi connectivity index (χ1v) is 9.47. The lowest BCUT2D eigenvalue weighted by molar-refractivity contribution is 0.0192. The molecule has 0 radical (unpaired) electrons. The van der Waals surface area contributed by atoms with Crippen molar-refractivity contribution in [3.63, 3.8) is 0 Å². The molecule has 118 valence electrons. The SMILES string of the molecule is CCCC(C)C1CCC(C)C2C(C)C(C)C(C)CCC12. The van der Waals surface area contributed by atoms with E-state index in [1.807, 2.05) is 0 Å². The summed E-state index contributed by atoms with van der Waals surface area (Å²) in [6.45, 7) is 15.1. The maximum atomic E-state index is 2.58. The second-order valence-electron chi connectivity index (χ2n) is 8.50. The van der Waals surface area contributed by atoms with Gasteiger partial charge in [-0.1, -0.05) is 67.2 Å². The molecule has 8 atom stereocenters. The van der Waals surface area contributed by atoms with Crippen LogP contribution in [0.1, 0.15) is 80.1 Å². The molecule has 2 aliphatic rings. The van der Waals surface area contributed by atoms with Crippen LogP contribution in [0.25, 0.3) is 0 Å². The highest BCUT2D eigenvalue weighted by Crippen LogP contribution is 2.52. The zero-order chi connectivity index (χ0) is 14.9. The van der Waals surface area contributed by atoms with Gasteiger partial charge in [0, 0.05) is 0 Å². The van der Waals surface area contributed by atoms with Crippen LogP contribution in [-0.2, 0) is 0 Å².